The molecule has 0 fully saturated rings. The molecule has 0 aliphatic rings. The highest BCUT2D eigenvalue weighted by Crippen LogP contribution is 2.28. The van der Waals surface area contributed by atoms with Gasteiger partial charge in [-0.1, -0.05) is 30.3 Å². The zero-order valence-electron chi connectivity index (χ0n) is 15.8. The zero-order valence-corrected chi connectivity index (χ0v) is 15.8. The molecule has 3 aromatic rings. The van der Waals surface area contributed by atoms with Crippen LogP contribution in [0.15, 0.2) is 64.5 Å². The number of ether oxygens (including phenoxy) is 2. The lowest BCUT2D eigenvalue weighted by molar-refractivity contribution is 0.269. The molecule has 2 N–H and O–H groups in total. The van der Waals surface area contributed by atoms with Crippen LogP contribution in [0.1, 0.15) is 23.7 Å². The summed E-state index contributed by atoms with van der Waals surface area (Å²) in [5.41, 5.74) is 5.00. The Morgan fingerprint density at radius 2 is 1.93 bits per heavy atom. The lowest BCUT2D eigenvalue weighted by atomic mass is 10.2. The number of aromatic nitrogens is 2. The largest absolute Gasteiger partial charge is 0.490 e. The molecule has 1 aromatic heterocycles. The molecular weight excluding hydrogens is 356 g/mol. The Morgan fingerprint density at radius 1 is 1.11 bits per heavy atom. The standard InChI is InChI=1S/C21H22N4O3/c1-3-27-19-12-17(13-22-25-21-23-15(2)11-20(26)24-21)9-10-18(19)28-14-16-7-5-4-6-8-16/h4-13H,3,14H2,1-2H3,(H2,23,24,25,26)/b22-13+. The maximum absolute atomic E-state index is 11.4. The van der Waals surface area contributed by atoms with E-state index in [9.17, 15) is 4.79 Å². The molecule has 0 saturated carbocycles. The first-order chi connectivity index (χ1) is 13.6. The summed E-state index contributed by atoms with van der Waals surface area (Å²) in [6.45, 7) is 4.65. The molecule has 0 amide bonds. The first kappa shape index (κ1) is 19.2. The summed E-state index contributed by atoms with van der Waals surface area (Å²) in [7, 11) is 0. The van der Waals surface area contributed by atoms with E-state index in [0.717, 1.165) is 11.1 Å². The smallest absolute Gasteiger partial charge is 0.252 e. The van der Waals surface area contributed by atoms with E-state index in [1.165, 1.54) is 6.07 Å². The molecule has 1 heterocycles. The Morgan fingerprint density at radius 3 is 2.68 bits per heavy atom. The van der Waals surface area contributed by atoms with Gasteiger partial charge in [0.1, 0.15) is 6.61 Å². The molecule has 28 heavy (non-hydrogen) atoms. The fraction of sp³-hybridized carbons (Fsp3) is 0.190. The quantitative estimate of drug-likeness (QED) is 0.463. The number of rotatable bonds is 8. The van der Waals surface area contributed by atoms with Crippen molar-refractivity contribution in [2.24, 2.45) is 5.10 Å². The number of nitrogens with zero attached hydrogens (tertiary/aromatic N) is 2. The number of aryl methyl sites for hydroxylation is 1. The highest BCUT2D eigenvalue weighted by atomic mass is 16.5. The summed E-state index contributed by atoms with van der Waals surface area (Å²) in [6.07, 6.45) is 1.62. The highest BCUT2D eigenvalue weighted by molar-refractivity contribution is 5.81. The van der Waals surface area contributed by atoms with E-state index in [0.29, 0.717) is 30.4 Å². The molecule has 0 saturated heterocycles. The molecule has 7 heteroatoms. The molecule has 2 aromatic carbocycles. The predicted octanol–water partition coefficient (Wildman–Crippen LogP) is 3.50. The van der Waals surface area contributed by atoms with Crippen LogP contribution in [0.4, 0.5) is 5.95 Å². The van der Waals surface area contributed by atoms with E-state index in [4.69, 9.17) is 9.47 Å². The van der Waals surface area contributed by atoms with Crippen LogP contribution in [0.3, 0.4) is 0 Å². The first-order valence-corrected chi connectivity index (χ1v) is 8.94. The highest BCUT2D eigenvalue weighted by Gasteiger charge is 2.06. The molecule has 7 nitrogen and oxygen atoms in total. The Labute approximate surface area is 163 Å². The van der Waals surface area contributed by atoms with Crippen molar-refractivity contribution in [1.29, 1.82) is 0 Å². The summed E-state index contributed by atoms with van der Waals surface area (Å²) in [5.74, 6) is 1.60. The summed E-state index contributed by atoms with van der Waals surface area (Å²) in [5, 5.41) is 4.11. The zero-order chi connectivity index (χ0) is 19.8. The second-order valence-electron chi connectivity index (χ2n) is 6.02. The van der Waals surface area contributed by atoms with Gasteiger partial charge in [-0.3, -0.25) is 9.78 Å². The maximum Gasteiger partial charge on any atom is 0.252 e. The van der Waals surface area contributed by atoms with Crippen LogP contribution in [-0.4, -0.2) is 22.8 Å². The van der Waals surface area contributed by atoms with Gasteiger partial charge in [0.2, 0.25) is 5.95 Å². The van der Waals surface area contributed by atoms with Crippen molar-refractivity contribution in [3.63, 3.8) is 0 Å². The predicted molar refractivity (Wildman–Crippen MR) is 109 cm³/mol. The van der Waals surface area contributed by atoms with Gasteiger partial charge in [-0.05, 0) is 43.2 Å². The normalized spacial score (nSPS) is 10.8. The van der Waals surface area contributed by atoms with Gasteiger partial charge in [-0.25, -0.2) is 10.4 Å². The third kappa shape index (κ3) is 5.44. The van der Waals surface area contributed by atoms with Crippen LogP contribution < -0.4 is 20.5 Å². The molecule has 0 bridgehead atoms. The minimum Gasteiger partial charge on any atom is -0.490 e. The third-order valence-corrected chi connectivity index (χ3v) is 3.76. The molecule has 0 aliphatic carbocycles. The SMILES string of the molecule is CCOc1cc(/C=N/Nc2nc(C)cc(=O)[nH]2)ccc1OCc1ccccc1. The summed E-state index contributed by atoms with van der Waals surface area (Å²) in [4.78, 5) is 18.2. The molecule has 144 valence electrons. The Balaban J connectivity index is 1.69. The number of hydrazone groups is 1. The van der Waals surface area contributed by atoms with Crippen LogP contribution >= 0.6 is 0 Å². The number of aromatic amines is 1. The van der Waals surface area contributed by atoms with E-state index in [2.05, 4.69) is 20.5 Å². The number of benzene rings is 2. The number of hydrogen-bond acceptors (Lipinski definition) is 6. The minimum absolute atomic E-state index is 0.233. The van der Waals surface area contributed by atoms with Crippen molar-refractivity contribution in [2.45, 2.75) is 20.5 Å². The second kappa shape index (κ2) is 9.36. The van der Waals surface area contributed by atoms with Crippen LogP contribution in [0.25, 0.3) is 0 Å². The van der Waals surface area contributed by atoms with Gasteiger partial charge in [0.05, 0.1) is 12.8 Å². The molecule has 3 rings (SSSR count). The van der Waals surface area contributed by atoms with Crippen molar-refractivity contribution >= 4 is 12.2 Å². The second-order valence-corrected chi connectivity index (χ2v) is 6.02. The molecule has 0 unspecified atom stereocenters. The fourth-order valence-corrected chi connectivity index (χ4v) is 2.53. The lowest BCUT2D eigenvalue weighted by Crippen LogP contribution is -2.10. The van der Waals surface area contributed by atoms with E-state index in [-0.39, 0.29) is 11.5 Å². The van der Waals surface area contributed by atoms with E-state index in [1.807, 2.05) is 55.5 Å². The van der Waals surface area contributed by atoms with Gasteiger partial charge >= 0.3 is 0 Å². The number of H-pyrrole nitrogens is 1. The van der Waals surface area contributed by atoms with Gasteiger partial charge in [0.25, 0.3) is 5.56 Å². The Bertz CT molecular complexity index is 1000. The van der Waals surface area contributed by atoms with Crippen LogP contribution in [0.5, 0.6) is 11.5 Å². The monoisotopic (exact) mass is 378 g/mol. The van der Waals surface area contributed by atoms with Crippen LogP contribution in [0, 0.1) is 6.92 Å². The lowest BCUT2D eigenvalue weighted by Gasteiger charge is -2.12. The van der Waals surface area contributed by atoms with Gasteiger partial charge in [-0.15, -0.1) is 0 Å². The number of nitrogens with one attached hydrogen (secondary N) is 2. The molecule has 0 spiro atoms. The van der Waals surface area contributed by atoms with Crippen molar-refractivity contribution in [3.8, 4) is 11.5 Å². The molecular formula is C21H22N4O3. The average molecular weight is 378 g/mol. The molecule has 0 atom stereocenters. The first-order valence-electron chi connectivity index (χ1n) is 8.94. The minimum atomic E-state index is -0.233. The Hall–Kier alpha value is -3.61. The fourth-order valence-electron chi connectivity index (χ4n) is 2.53. The average Bonchev–Trinajstić information content (AvgIpc) is 2.68. The number of anilines is 1. The van der Waals surface area contributed by atoms with Gasteiger partial charge in [0, 0.05) is 11.8 Å². The van der Waals surface area contributed by atoms with Crippen molar-refractivity contribution in [2.75, 3.05) is 12.0 Å². The molecule has 0 radical (unpaired) electrons. The van der Waals surface area contributed by atoms with Gasteiger partial charge in [0.15, 0.2) is 11.5 Å². The third-order valence-electron chi connectivity index (χ3n) is 3.76. The van der Waals surface area contributed by atoms with Crippen molar-refractivity contribution in [1.82, 2.24) is 9.97 Å². The number of hydrogen-bond donors (Lipinski definition) is 2. The van der Waals surface area contributed by atoms with E-state index < -0.39 is 0 Å². The van der Waals surface area contributed by atoms with Crippen molar-refractivity contribution in [3.05, 3.63) is 81.8 Å². The van der Waals surface area contributed by atoms with E-state index in [1.54, 1.807) is 13.1 Å². The van der Waals surface area contributed by atoms with Crippen molar-refractivity contribution < 1.29 is 9.47 Å². The topological polar surface area (TPSA) is 88.6 Å². The van der Waals surface area contributed by atoms with Crippen LogP contribution in [0.2, 0.25) is 0 Å². The van der Waals surface area contributed by atoms with Gasteiger partial charge in [-0.2, -0.15) is 5.10 Å². The van der Waals surface area contributed by atoms with Gasteiger partial charge < -0.3 is 9.47 Å². The molecule has 0 aliphatic heterocycles. The van der Waals surface area contributed by atoms with E-state index >= 15 is 0 Å². The van der Waals surface area contributed by atoms with Crippen LogP contribution in [-0.2, 0) is 6.61 Å². The summed E-state index contributed by atoms with van der Waals surface area (Å²) < 4.78 is 11.6. The maximum atomic E-state index is 11.4. The Kier molecular flexibility index (Phi) is 6.41. The summed E-state index contributed by atoms with van der Waals surface area (Å²) >= 11 is 0. The summed E-state index contributed by atoms with van der Waals surface area (Å²) in [6, 6.07) is 16.9.